The molecule has 0 spiro atoms. The van der Waals surface area contributed by atoms with Crippen LogP contribution >= 0.6 is 0 Å². The summed E-state index contributed by atoms with van der Waals surface area (Å²) in [6, 6.07) is -0.431. The molecule has 0 aliphatic rings. The molecule has 88 valence electrons. The van der Waals surface area contributed by atoms with Crippen LogP contribution < -0.4 is 5.32 Å². The maximum absolute atomic E-state index is 11.5. The summed E-state index contributed by atoms with van der Waals surface area (Å²) < 4.78 is 4.76. The Bertz CT molecular complexity index is 240. The molecule has 0 saturated heterocycles. The Morgan fingerprint density at radius 1 is 1.47 bits per heavy atom. The van der Waals surface area contributed by atoms with E-state index in [2.05, 4.69) is 5.32 Å². The number of methoxy groups -OCH3 is 1. The predicted molar refractivity (Wildman–Crippen MR) is 54.8 cm³/mol. The minimum atomic E-state index is -1.23. The van der Waals surface area contributed by atoms with Gasteiger partial charge in [0.2, 0.25) is 0 Å². The number of likely N-dealkylation sites (N-methyl/N-ethyl adjacent to an activating group) is 1. The van der Waals surface area contributed by atoms with Crippen LogP contribution in [0.1, 0.15) is 13.8 Å². The van der Waals surface area contributed by atoms with Gasteiger partial charge in [-0.3, -0.25) is 0 Å². The second-order valence-electron chi connectivity index (χ2n) is 3.65. The maximum Gasteiger partial charge on any atom is 0.329 e. The van der Waals surface area contributed by atoms with Crippen molar-refractivity contribution in [2.45, 2.75) is 19.4 Å². The Kier molecular flexibility index (Phi) is 5.07. The van der Waals surface area contributed by atoms with Crippen LogP contribution in [0, 0.1) is 0 Å². The molecule has 0 aliphatic heterocycles. The minimum Gasteiger partial charge on any atom is -0.480 e. The van der Waals surface area contributed by atoms with E-state index in [0.717, 1.165) is 4.90 Å². The molecule has 2 amide bonds. The predicted octanol–water partition coefficient (Wildman–Crippen LogP) is 0.137. The van der Waals surface area contributed by atoms with Gasteiger partial charge >= 0.3 is 12.0 Å². The van der Waals surface area contributed by atoms with Gasteiger partial charge in [-0.15, -0.1) is 0 Å². The zero-order chi connectivity index (χ0) is 12.1. The van der Waals surface area contributed by atoms with Gasteiger partial charge < -0.3 is 20.1 Å². The van der Waals surface area contributed by atoms with Crippen LogP contribution in [-0.2, 0) is 9.53 Å². The Morgan fingerprint density at radius 2 is 2.00 bits per heavy atom. The molecule has 0 aromatic carbocycles. The average Bonchev–Trinajstić information content (AvgIpc) is 2.16. The highest BCUT2D eigenvalue weighted by Gasteiger charge is 2.34. The third-order valence-electron chi connectivity index (χ3n) is 2.25. The van der Waals surface area contributed by atoms with Crippen molar-refractivity contribution in [1.29, 1.82) is 0 Å². The van der Waals surface area contributed by atoms with Crippen molar-refractivity contribution < 1.29 is 19.4 Å². The van der Waals surface area contributed by atoms with Crippen LogP contribution in [0.25, 0.3) is 0 Å². The molecule has 0 aromatic rings. The molecule has 0 fully saturated rings. The third-order valence-corrected chi connectivity index (χ3v) is 2.25. The highest BCUT2D eigenvalue weighted by molar-refractivity contribution is 5.85. The molecular weight excluding hydrogens is 200 g/mol. The smallest absolute Gasteiger partial charge is 0.329 e. The number of ether oxygens (including phenoxy) is 1. The molecule has 6 heteroatoms. The lowest BCUT2D eigenvalue weighted by Crippen LogP contribution is -2.54. The highest BCUT2D eigenvalue weighted by atomic mass is 16.5. The Balaban J connectivity index is 4.25. The lowest BCUT2D eigenvalue weighted by molar-refractivity contribution is -0.146. The fourth-order valence-corrected chi connectivity index (χ4v) is 0.776. The lowest BCUT2D eigenvalue weighted by atomic mass is 10.1. The zero-order valence-corrected chi connectivity index (χ0v) is 9.53. The first-order chi connectivity index (χ1) is 6.84. The Labute approximate surface area is 89.2 Å². The summed E-state index contributed by atoms with van der Waals surface area (Å²) in [6.07, 6.45) is 0. The number of nitrogens with zero attached hydrogens (tertiary/aromatic N) is 1. The summed E-state index contributed by atoms with van der Waals surface area (Å²) in [5.74, 6) is -1.05. The summed E-state index contributed by atoms with van der Waals surface area (Å²) in [4.78, 5) is 23.5. The molecule has 15 heavy (non-hydrogen) atoms. The Hall–Kier alpha value is -1.30. The van der Waals surface area contributed by atoms with Crippen molar-refractivity contribution in [2.75, 3.05) is 27.3 Å². The van der Waals surface area contributed by atoms with Gasteiger partial charge in [0, 0.05) is 20.7 Å². The largest absolute Gasteiger partial charge is 0.480 e. The quantitative estimate of drug-likeness (QED) is 0.643. The van der Waals surface area contributed by atoms with Crippen LogP contribution in [-0.4, -0.2) is 54.9 Å². The van der Waals surface area contributed by atoms with E-state index >= 15 is 0 Å². The third kappa shape index (κ3) is 3.75. The summed E-state index contributed by atoms with van der Waals surface area (Å²) in [6.45, 7) is 3.68. The second-order valence-corrected chi connectivity index (χ2v) is 3.65. The van der Waals surface area contributed by atoms with Crippen molar-refractivity contribution in [3.8, 4) is 0 Å². The normalized spacial score (nSPS) is 10.9. The van der Waals surface area contributed by atoms with Gasteiger partial charge in [0.25, 0.3) is 0 Å². The molecule has 0 saturated carbocycles. The monoisotopic (exact) mass is 218 g/mol. The molecule has 0 atom stereocenters. The second kappa shape index (κ2) is 5.55. The Morgan fingerprint density at radius 3 is 2.40 bits per heavy atom. The van der Waals surface area contributed by atoms with Gasteiger partial charge in [0.1, 0.15) is 5.54 Å². The van der Waals surface area contributed by atoms with Crippen LogP contribution in [0.5, 0.6) is 0 Å². The average molecular weight is 218 g/mol. The van der Waals surface area contributed by atoms with E-state index < -0.39 is 17.5 Å². The van der Waals surface area contributed by atoms with E-state index in [1.165, 1.54) is 28.0 Å². The molecule has 0 heterocycles. The van der Waals surface area contributed by atoms with E-state index in [4.69, 9.17) is 9.84 Å². The van der Waals surface area contributed by atoms with Gasteiger partial charge in [-0.05, 0) is 13.8 Å². The first kappa shape index (κ1) is 13.7. The number of urea groups is 1. The first-order valence-electron chi connectivity index (χ1n) is 4.58. The highest BCUT2D eigenvalue weighted by Crippen LogP contribution is 2.11. The standard InChI is InChI=1S/C9H18N2O4/c1-9(2,7(12)13)11(3)8(14)10-5-6-15-4/h5-6H2,1-4H3,(H,10,14)(H,12,13). The zero-order valence-electron chi connectivity index (χ0n) is 9.53. The van der Waals surface area contributed by atoms with E-state index in [1.54, 1.807) is 0 Å². The molecule has 6 nitrogen and oxygen atoms in total. The van der Waals surface area contributed by atoms with Crippen molar-refractivity contribution in [3.63, 3.8) is 0 Å². The fourth-order valence-electron chi connectivity index (χ4n) is 0.776. The van der Waals surface area contributed by atoms with Gasteiger partial charge in [-0.1, -0.05) is 0 Å². The molecule has 2 N–H and O–H groups in total. The summed E-state index contributed by atoms with van der Waals surface area (Å²) in [5, 5.41) is 11.4. The number of carbonyl (C=O) groups excluding carboxylic acids is 1. The number of aliphatic carboxylic acids is 1. The summed E-state index contributed by atoms with van der Waals surface area (Å²) >= 11 is 0. The maximum atomic E-state index is 11.5. The van der Waals surface area contributed by atoms with Gasteiger partial charge in [0.05, 0.1) is 6.61 Å². The van der Waals surface area contributed by atoms with Gasteiger partial charge in [-0.25, -0.2) is 9.59 Å². The molecule has 0 radical (unpaired) electrons. The number of carboxylic acid groups (broad SMARTS) is 1. The van der Waals surface area contributed by atoms with Crippen molar-refractivity contribution in [3.05, 3.63) is 0 Å². The summed E-state index contributed by atoms with van der Waals surface area (Å²) in [5.41, 5.74) is -1.23. The van der Waals surface area contributed by atoms with Crippen LogP contribution in [0.2, 0.25) is 0 Å². The van der Waals surface area contributed by atoms with E-state index in [9.17, 15) is 9.59 Å². The number of nitrogens with one attached hydrogen (secondary N) is 1. The SMILES string of the molecule is COCCNC(=O)N(C)C(C)(C)C(=O)O. The summed E-state index contributed by atoms with van der Waals surface area (Å²) in [7, 11) is 2.97. The van der Waals surface area contributed by atoms with Gasteiger partial charge in [0.15, 0.2) is 0 Å². The lowest BCUT2D eigenvalue weighted by Gasteiger charge is -2.31. The van der Waals surface area contributed by atoms with E-state index in [-0.39, 0.29) is 0 Å². The molecular formula is C9H18N2O4. The minimum absolute atomic E-state index is 0.357. The topological polar surface area (TPSA) is 78.9 Å². The van der Waals surface area contributed by atoms with Crippen LogP contribution in [0.4, 0.5) is 4.79 Å². The first-order valence-corrected chi connectivity index (χ1v) is 4.58. The molecule has 0 aliphatic carbocycles. The number of carboxylic acids is 1. The van der Waals surface area contributed by atoms with Crippen molar-refractivity contribution in [2.24, 2.45) is 0 Å². The van der Waals surface area contributed by atoms with Crippen molar-refractivity contribution >= 4 is 12.0 Å². The van der Waals surface area contributed by atoms with Crippen molar-refractivity contribution in [1.82, 2.24) is 10.2 Å². The number of hydrogen-bond donors (Lipinski definition) is 2. The molecule has 0 bridgehead atoms. The molecule has 0 rings (SSSR count). The number of rotatable bonds is 5. The van der Waals surface area contributed by atoms with Gasteiger partial charge in [-0.2, -0.15) is 0 Å². The van der Waals surface area contributed by atoms with Crippen LogP contribution in [0.15, 0.2) is 0 Å². The van der Waals surface area contributed by atoms with Crippen LogP contribution in [0.3, 0.4) is 0 Å². The molecule has 0 unspecified atom stereocenters. The van der Waals surface area contributed by atoms with E-state index in [0.29, 0.717) is 13.2 Å². The molecule has 0 aromatic heterocycles. The number of hydrogen-bond acceptors (Lipinski definition) is 3. The fraction of sp³-hybridized carbons (Fsp3) is 0.778. The number of amides is 2. The van der Waals surface area contributed by atoms with E-state index in [1.807, 2.05) is 0 Å². The number of carbonyl (C=O) groups is 2.